The first-order valence-electron chi connectivity index (χ1n) is 9.37. The molecule has 2 aliphatic heterocycles. The smallest absolute Gasteiger partial charge is 0.127 e. The molecule has 2 fully saturated rings. The van der Waals surface area contributed by atoms with E-state index in [1.54, 1.807) is 0 Å². The quantitative estimate of drug-likeness (QED) is 0.758. The molecule has 5 rings (SSSR count). The number of aromatic amines is 1. The Morgan fingerprint density at radius 3 is 2.85 bits per heavy atom. The van der Waals surface area contributed by atoms with E-state index in [1.807, 2.05) is 29.9 Å². The van der Waals surface area contributed by atoms with Gasteiger partial charge in [0.25, 0.3) is 0 Å². The van der Waals surface area contributed by atoms with Crippen LogP contribution in [-0.2, 0) is 16.5 Å². The van der Waals surface area contributed by atoms with Gasteiger partial charge in [0.15, 0.2) is 0 Å². The molecule has 8 heteroatoms. The summed E-state index contributed by atoms with van der Waals surface area (Å²) in [5, 5.41) is 13.3. The van der Waals surface area contributed by atoms with Gasteiger partial charge in [-0.15, -0.1) is 0 Å². The van der Waals surface area contributed by atoms with Crippen LogP contribution in [0, 0.1) is 0 Å². The molecular formula is C19H23N5O3. The van der Waals surface area contributed by atoms with Crippen molar-refractivity contribution in [2.75, 3.05) is 44.4 Å². The van der Waals surface area contributed by atoms with Gasteiger partial charge in [-0.05, 0) is 18.2 Å². The number of benzene rings is 1. The number of anilines is 1. The fourth-order valence-corrected chi connectivity index (χ4v) is 3.72. The van der Waals surface area contributed by atoms with E-state index in [4.69, 9.17) is 19.3 Å². The summed E-state index contributed by atoms with van der Waals surface area (Å²) >= 11 is 0. The third-order valence-corrected chi connectivity index (χ3v) is 5.16. The zero-order valence-corrected chi connectivity index (χ0v) is 15.4. The Kier molecular flexibility index (Phi) is 4.21. The molecule has 1 N–H and O–H groups in total. The molecule has 0 unspecified atom stereocenters. The molecule has 1 aromatic carbocycles. The number of hydrogen-bond donors (Lipinski definition) is 1. The maximum Gasteiger partial charge on any atom is 0.127 e. The lowest BCUT2D eigenvalue weighted by molar-refractivity contribution is 0.122. The number of nitrogens with one attached hydrogen (secondary N) is 1. The van der Waals surface area contributed by atoms with E-state index in [9.17, 15) is 0 Å². The van der Waals surface area contributed by atoms with Crippen LogP contribution in [0.5, 0.6) is 5.75 Å². The van der Waals surface area contributed by atoms with Crippen LogP contribution in [0.15, 0.2) is 24.3 Å². The zero-order valence-electron chi connectivity index (χ0n) is 15.4. The first-order valence-corrected chi connectivity index (χ1v) is 9.37. The van der Waals surface area contributed by atoms with Crippen molar-refractivity contribution in [3.05, 3.63) is 24.3 Å². The molecular weight excluding hydrogens is 346 g/mol. The average molecular weight is 369 g/mol. The monoisotopic (exact) mass is 369 g/mol. The molecule has 27 heavy (non-hydrogen) atoms. The molecule has 4 heterocycles. The second-order valence-electron chi connectivity index (χ2n) is 6.99. The van der Waals surface area contributed by atoms with Gasteiger partial charge in [-0.1, -0.05) is 0 Å². The number of H-pyrrole nitrogens is 1. The molecule has 0 spiro atoms. The molecule has 0 amide bonds. The normalized spacial score (nSPS) is 20.5. The molecule has 2 saturated heterocycles. The first-order chi connectivity index (χ1) is 13.3. The van der Waals surface area contributed by atoms with Crippen LogP contribution >= 0.6 is 0 Å². The summed E-state index contributed by atoms with van der Waals surface area (Å²) in [7, 11) is 1.97. The third-order valence-electron chi connectivity index (χ3n) is 5.16. The summed E-state index contributed by atoms with van der Waals surface area (Å²) < 4.78 is 18.8. The Hall–Kier alpha value is -2.58. The average Bonchev–Trinajstić information content (AvgIpc) is 3.42. The van der Waals surface area contributed by atoms with Crippen molar-refractivity contribution in [1.29, 1.82) is 0 Å². The molecule has 142 valence electrons. The van der Waals surface area contributed by atoms with Gasteiger partial charge in [-0.25, -0.2) is 0 Å². The summed E-state index contributed by atoms with van der Waals surface area (Å²) in [5.41, 5.74) is 2.67. The minimum Gasteiger partial charge on any atom is -0.488 e. The third kappa shape index (κ3) is 3.15. The predicted molar refractivity (Wildman–Crippen MR) is 101 cm³/mol. The molecule has 0 saturated carbocycles. The summed E-state index contributed by atoms with van der Waals surface area (Å²) in [4.78, 5) is 2.30. The number of hydrogen-bond acceptors (Lipinski definition) is 6. The van der Waals surface area contributed by atoms with Gasteiger partial charge in [-0.3, -0.25) is 9.78 Å². The van der Waals surface area contributed by atoms with Crippen molar-refractivity contribution in [3.8, 4) is 17.1 Å². The summed E-state index contributed by atoms with van der Waals surface area (Å²) in [6.07, 6.45) is 1.06. The molecule has 8 nitrogen and oxygen atoms in total. The number of aryl methyl sites for hydroxylation is 1. The lowest BCUT2D eigenvalue weighted by atomic mass is 10.1. The molecule has 0 radical (unpaired) electrons. The molecule has 0 aliphatic carbocycles. The van der Waals surface area contributed by atoms with Crippen LogP contribution in [-0.4, -0.2) is 65.6 Å². The summed E-state index contributed by atoms with van der Waals surface area (Å²) in [6, 6.07) is 8.11. The van der Waals surface area contributed by atoms with E-state index in [0.29, 0.717) is 6.61 Å². The van der Waals surface area contributed by atoms with Crippen molar-refractivity contribution in [2.45, 2.75) is 12.5 Å². The SMILES string of the molecule is Cn1nc(-c2n[nH]c3ccc(O[C@@H]4CCOC4)cc23)cc1N1CCOCC1. The Labute approximate surface area is 157 Å². The lowest BCUT2D eigenvalue weighted by Crippen LogP contribution is -2.37. The van der Waals surface area contributed by atoms with E-state index in [1.165, 1.54) is 0 Å². The van der Waals surface area contributed by atoms with E-state index in [0.717, 1.165) is 73.2 Å². The maximum atomic E-state index is 6.05. The maximum absolute atomic E-state index is 6.05. The summed E-state index contributed by atoms with van der Waals surface area (Å²) in [5.74, 6) is 1.92. The molecule has 3 aromatic rings. The van der Waals surface area contributed by atoms with Crippen LogP contribution in [0.1, 0.15) is 6.42 Å². The van der Waals surface area contributed by atoms with Gasteiger partial charge in [0, 0.05) is 38.0 Å². The Morgan fingerprint density at radius 1 is 1.15 bits per heavy atom. The molecule has 2 aromatic heterocycles. The van der Waals surface area contributed by atoms with Gasteiger partial charge in [0.1, 0.15) is 29.1 Å². The summed E-state index contributed by atoms with van der Waals surface area (Å²) in [6.45, 7) is 4.67. The highest BCUT2D eigenvalue weighted by atomic mass is 16.5. The number of ether oxygens (including phenoxy) is 3. The van der Waals surface area contributed by atoms with Crippen molar-refractivity contribution in [3.63, 3.8) is 0 Å². The number of rotatable bonds is 4. The fourth-order valence-electron chi connectivity index (χ4n) is 3.72. The minimum atomic E-state index is 0.126. The highest BCUT2D eigenvalue weighted by Crippen LogP contribution is 2.31. The lowest BCUT2D eigenvalue weighted by Gasteiger charge is -2.28. The highest BCUT2D eigenvalue weighted by molar-refractivity contribution is 5.93. The van der Waals surface area contributed by atoms with Crippen LogP contribution < -0.4 is 9.64 Å². The van der Waals surface area contributed by atoms with Gasteiger partial charge < -0.3 is 19.1 Å². The van der Waals surface area contributed by atoms with Gasteiger partial charge in [0.05, 0.1) is 31.9 Å². The minimum absolute atomic E-state index is 0.126. The molecule has 0 bridgehead atoms. The van der Waals surface area contributed by atoms with E-state index in [2.05, 4.69) is 21.2 Å². The molecule has 2 aliphatic rings. The molecule has 1 atom stereocenters. The van der Waals surface area contributed by atoms with Gasteiger partial charge in [0.2, 0.25) is 0 Å². The second-order valence-corrected chi connectivity index (χ2v) is 6.99. The van der Waals surface area contributed by atoms with E-state index < -0.39 is 0 Å². The Balaban J connectivity index is 1.47. The van der Waals surface area contributed by atoms with Crippen LogP contribution in [0.25, 0.3) is 22.3 Å². The van der Waals surface area contributed by atoms with Crippen LogP contribution in [0.3, 0.4) is 0 Å². The number of fused-ring (bicyclic) bond motifs is 1. The van der Waals surface area contributed by atoms with Gasteiger partial charge in [-0.2, -0.15) is 10.2 Å². The largest absolute Gasteiger partial charge is 0.488 e. The van der Waals surface area contributed by atoms with E-state index >= 15 is 0 Å². The topological polar surface area (TPSA) is 77.4 Å². The highest BCUT2D eigenvalue weighted by Gasteiger charge is 2.20. The number of morpholine rings is 1. The Bertz CT molecular complexity index is 938. The number of nitrogens with zero attached hydrogens (tertiary/aromatic N) is 4. The van der Waals surface area contributed by atoms with Crippen molar-refractivity contribution < 1.29 is 14.2 Å². The zero-order chi connectivity index (χ0) is 18.2. The standard InChI is InChI=1S/C19H23N5O3/c1-23-18(24-5-8-25-9-6-24)11-17(22-23)19-15-10-13(2-3-16(15)20-21-19)27-14-4-7-26-12-14/h2-3,10-11,14H,4-9,12H2,1H3,(H,20,21)/t14-/m1/s1. The van der Waals surface area contributed by atoms with Crippen LogP contribution in [0.2, 0.25) is 0 Å². The predicted octanol–water partition coefficient (Wildman–Crippen LogP) is 1.97. The fraction of sp³-hybridized carbons (Fsp3) is 0.474. The van der Waals surface area contributed by atoms with Crippen molar-refractivity contribution >= 4 is 16.7 Å². The second kappa shape index (κ2) is 6.86. The van der Waals surface area contributed by atoms with Gasteiger partial charge >= 0.3 is 0 Å². The van der Waals surface area contributed by atoms with E-state index in [-0.39, 0.29) is 6.10 Å². The van der Waals surface area contributed by atoms with Crippen molar-refractivity contribution in [2.24, 2.45) is 7.05 Å². The number of aromatic nitrogens is 4. The van der Waals surface area contributed by atoms with Crippen molar-refractivity contribution in [1.82, 2.24) is 20.0 Å². The first kappa shape index (κ1) is 16.6. The Morgan fingerprint density at radius 2 is 2.04 bits per heavy atom. The van der Waals surface area contributed by atoms with Crippen LogP contribution in [0.4, 0.5) is 5.82 Å².